The molecule has 11 heteroatoms. The van der Waals surface area contributed by atoms with E-state index < -0.39 is 4.92 Å². The summed E-state index contributed by atoms with van der Waals surface area (Å²) in [6.45, 7) is 2.19. The molecule has 0 saturated heterocycles. The van der Waals surface area contributed by atoms with Crippen LogP contribution in [0, 0.1) is 17.0 Å². The first kappa shape index (κ1) is 24.7. The Balaban J connectivity index is 1.48. The van der Waals surface area contributed by atoms with Crippen molar-refractivity contribution in [1.82, 2.24) is 14.8 Å². The third-order valence-electron chi connectivity index (χ3n) is 5.29. The summed E-state index contributed by atoms with van der Waals surface area (Å²) in [4.78, 5) is 23.2. The highest BCUT2D eigenvalue weighted by Gasteiger charge is 2.17. The highest BCUT2D eigenvalue weighted by Crippen LogP contribution is 2.25. The standard InChI is InChI=1S/C25H24N6O4S/c1-17-8-11-20(31(33)34)14-22(17)27-24(32)16-36-25-29-28-23(30(25)19-6-4-3-5-7-19)15-26-18-9-12-21(35-2)13-10-18/h3-14,26H,15-16H2,1-2H3,(H,27,32). The van der Waals surface area contributed by atoms with Crippen LogP contribution in [0.4, 0.5) is 17.1 Å². The molecule has 0 bridgehead atoms. The van der Waals surface area contributed by atoms with Crippen molar-refractivity contribution in [3.63, 3.8) is 0 Å². The van der Waals surface area contributed by atoms with E-state index in [-0.39, 0.29) is 17.3 Å². The number of anilines is 2. The number of benzene rings is 3. The van der Waals surface area contributed by atoms with Gasteiger partial charge >= 0.3 is 0 Å². The molecule has 0 atom stereocenters. The molecule has 2 N–H and O–H groups in total. The van der Waals surface area contributed by atoms with E-state index in [0.29, 0.717) is 23.2 Å². The quantitative estimate of drug-likeness (QED) is 0.179. The number of carbonyl (C=O) groups is 1. The Hall–Kier alpha value is -4.38. The van der Waals surface area contributed by atoms with Gasteiger partial charge in [0.2, 0.25) is 5.91 Å². The number of aryl methyl sites for hydroxylation is 1. The summed E-state index contributed by atoms with van der Waals surface area (Å²) in [5.74, 6) is 1.20. The van der Waals surface area contributed by atoms with Gasteiger partial charge in [0.25, 0.3) is 5.69 Å². The molecule has 4 rings (SSSR count). The van der Waals surface area contributed by atoms with Gasteiger partial charge in [0, 0.05) is 23.5 Å². The van der Waals surface area contributed by atoms with Gasteiger partial charge in [-0.3, -0.25) is 19.5 Å². The van der Waals surface area contributed by atoms with E-state index in [1.54, 1.807) is 20.1 Å². The Bertz CT molecular complexity index is 1360. The molecule has 0 fully saturated rings. The maximum absolute atomic E-state index is 12.7. The first-order valence-corrected chi connectivity index (χ1v) is 12.0. The fraction of sp³-hybridized carbons (Fsp3) is 0.160. The highest BCUT2D eigenvalue weighted by molar-refractivity contribution is 7.99. The summed E-state index contributed by atoms with van der Waals surface area (Å²) in [7, 11) is 1.62. The van der Waals surface area contributed by atoms with Crippen LogP contribution in [0.15, 0.2) is 78.0 Å². The first-order chi connectivity index (χ1) is 17.4. The van der Waals surface area contributed by atoms with Crippen LogP contribution >= 0.6 is 11.8 Å². The summed E-state index contributed by atoms with van der Waals surface area (Å²) in [6, 6.07) is 21.6. The van der Waals surface area contributed by atoms with E-state index in [2.05, 4.69) is 20.8 Å². The number of amides is 1. The number of rotatable bonds is 10. The number of methoxy groups -OCH3 is 1. The Labute approximate surface area is 211 Å². The van der Waals surface area contributed by atoms with E-state index in [1.807, 2.05) is 59.2 Å². The molecule has 0 aliphatic rings. The molecule has 1 heterocycles. The number of nitro benzene ring substituents is 1. The van der Waals surface area contributed by atoms with Crippen LogP contribution < -0.4 is 15.4 Å². The molecule has 3 aromatic carbocycles. The summed E-state index contributed by atoms with van der Waals surface area (Å²) in [5, 5.41) is 26.4. The Morgan fingerprint density at radius 3 is 2.53 bits per heavy atom. The van der Waals surface area contributed by atoms with Crippen molar-refractivity contribution in [1.29, 1.82) is 0 Å². The summed E-state index contributed by atoms with van der Waals surface area (Å²) >= 11 is 1.23. The lowest BCUT2D eigenvalue weighted by molar-refractivity contribution is -0.384. The van der Waals surface area contributed by atoms with Gasteiger partial charge < -0.3 is 15.4 Å². The van der Waals surface area contributed by atoms with Crippen LogP contribution in [0.5, 0.6) is 5.75 Å². The van der Waals surface area contributed by atoms with E-state index >= 15 is 0 Å². The van der Waals surface area contributed by atoms with Crippen molar-refractivity contribution in [3.05, 3.63) is 94.3 Å². The molecule has 184 valence electrons. The SMILES string of the molecule is COc1ccc(NCc2nnc(SCC(=O)Nc3cc([N+](=O)[O-])ccc3C)n2-c2ccccc2)cc1. The van der Waals surface area contributed by atoms with Crippen molar-refractivity contribution in [2.75, 3.05) is 23.5 Å². The molecule has 4 aromatic rings. The average Bonchev–Trinajstić information content (AvgIpc) is 3.31. The second-order valence-electron chi connectivity index (χ2n) is 7.75. The molecule has 0 saturated carbocycles. The third kappa shape index (κ3) is 5.99. The van der Waals surface area contributed by atoms with Crippen molar-refractivity contribution < 1.29 is 14.5 Å². The van der Waals surface area contributed by atoms with Gasteiger partial charge in [-0.1, -0.05) is 36.0 Å². The van der Waals surface area contributed by atoms with Crippen molar-refractivity contribution in [2.24, 2.45) is 0 Å². The second-order valence-corrected chi connectivity index (χ2v) is 8.69. The number of nitrogens with one attached hydrogen (secondary N) is 2. The average molecular weight is 505 g/mol. The van der Waals surface area contributed by atoms with Gasteiger partial charge in [-0.2, -0.15) is 0 Å². The van der Waals surface area contributed by atoms with Crippen LogP contribution in [0.25, 0.3) is 5.69 Å². The number of aromatic nitrogens is 3. The van der Waals surface area contributed by atoms with Crippen LogP contribution in [-0.4, -0.2) is 38.5 Å². The van der Waals surface area contributed by atoms with Gasteiger partial charge in [0.15, 0.2) is 11.0 Å². The normalized spacial score (nSPS) is 10.6. The van der Waals surface area contributed by atoms with E-state index in [0.717, 1.165) is 22.7 Å². The van der Waals surface area contributed by atoms with Gasteiger partial charge in [0.05, 0.1) is 30.0 Å². The molecule has 0 aliphatic carbocycles. The topological polar surface area (TPSA) is 124 Å². The van der Waals surface area contributed by atoms with Crippen molar-refractivity contribution >= 4 is 34.7 Å². The third-order valence-corrected chi connectivity index (χ3v) is 6.22. The zero-order chi connectivity index (χ0) is 25.5. The van der Waals surface area contributed by atoms with Crippen molar-refractivity contribution in [2.45, 2.75) is 18.6 Å². The fourth-order valence-electron chi connectivity index (χ4n) is 3.41. The second kappa shape index (κ2) is 11.4. The number of non-ortho nitro benzene ring substituents is 1. The largest absolute Gasteiger partial charge is 0.497 e. The molecule has 10 nitrogen and oxygen atoms in total. The fourth-order valence-corrected chi connectivity index (χ4v) is 4.18. The van der Waals surface area contributed by atoms with E-state index in [9.17, 15) is 14.9 Å². The zero-order valence-corrected chi connectivity index (χ0v) is 20.5. The number of hydrogen-bond acceptors (Lipinski definition) is 8. The minimum atomic E-state index is -0.492. The number of hydrogen-bond donors (Lipinski definition) is 2. The molecule has 1 aromatic heterocycles. The van der Waals surface area contributed by atoms with E-state index in [4.69, 9.17) is 4.74 Å². The number of nitrogens with zero attached hydrogens (tertiary/aromatic N) is 4. The number of carbonyl (C=O) groups excluding carboxylic acids is 1. The molecular formula is C25H24N6O4S. The van der Waals surface area contributed by atoms with Crippen LogP contribution in [0.3, 0.4) is 0 Å². The molecular weight excluding hydrogens is 480 g/mol. The highest BCUT2D eigenvalue weighted by atomic mass is 32.2. The monoisotopic (exact) mass is 504 g/mol. The predicted octanol–water partition coefficient (Wildman–Crippen LogP) is 4.84. The van der Waals surface area contributed by atoms with Gasteiger partial charge in [-0.25, -0.2) is 0 Å². The maximum atomic E-state index is 12.7. The summed E-state index contributed by atoms with van der Waals surface area (Å²) in [5.41, 5.74) is 2.83. The van der Waals surface area contributed by atoms with Crippen LogP contribution in [-0.2, 0) is 11.3 Å². The lowest BCUT2D eigenvalue weighted by atomic mass is 10.2. The number of ether oxygens (including phenoxy) is 1. The molecule has 0 unspecified atom stereocenters. The first-order valence-electron chi connectivity index (χ1n) is 11.0. The minimum Gasteiger partial charge on any atom is -0.497 e. The Kier molecular flexibility index (Phi) is 7.81. The molecule has 0 aliphatic heterocycles. The number of para-hydroxylation sites is 1. The lowest BCUT2D eigenvalue weighted by Crippen LogP contribution is -2.15. The summed E-state index contributed by atoms with van der Waals surface area (Å²) in [6.07, 6.45) is 0. The predicted molar refractivity (Wildman–Crippen MR) is 139 cm³/mol. The smallest absolute Gasteiger partial charge is 0.271 e. The van der Waals surface area contributed by atoms with Crippen LogP contribution in [0.2, 0.25) is 0 Å². The number of nitro groups is 1. The molecule has 36 heavy (non-hydrogen) atoms. The Morgan fingerprint density at radius 1 is 1.08 bits per heavy atom. The van der Waals surface area contributed by atoms with Gasteiger partial charge in [-0.05, 0) is 48.9 Å². The minimum absolute atomic E-state index is 0.0546. The lowest BCUT2D eigenvalue weighted by Gasteiger charge is -2.12. The van der Waals surface area contributed by atoms with Crippen molar-refractivity contribution in [3.8, 4) is 11.4 Å². The molecule has 0 radical (unpaired) electrons. The zero-order valence-electron chi connectivity index (χ0n) is 19.7. The maximum Gasteiger partial charge on any atom is 0.271 e. The molecule has 0 spiro atoms. The molecule has 1 amide bonds. The van der Waals surface area contributed by atoms with Gasteiger partial charge in [-0.15, -0.1) is 10.2 Å². The summed E-state index contributed by atoms with van der Waals surface area (Å²) < 4.78 is 7.10. The Morgan fingerprint density at radius 2 is 1.83 bits per heavy atom. The van der Waals surface area contributed by atoms with Crippen LogP contribution in [0.1, 0.15) is 11.4 Å². The number of thioether (sulfide) groups is 1. The van der Waals surface area contributed by atoms with Gasteiger partial charge in [0.1, 0.15) is 5.75 Å². The van der Waals surface area contributed by atoms with E-state index in [1.165, 1.54) is 23.9 Å².